The van der Waals surface area contributed by atoms with E-state index >= 15 is 0 Å². The Morgan fingerprint density at radius 3 is 2.45 bits per heavy atom. The van der Waals surface area contributed by atoms with E-state index in [-0.39, 0.29) is 23.4 Å². The molecule has 1 fully saturated rings. The number of carbonyl (C=O) groups excluding carboxylic acids is 3. The van der Waals surface area contributed by atoms with Crippen molar-refractivity contribution in [3.63, 3.8) is 0 Å². The maximum Gasteiger partial charge on any atom is 0.246 e. The van der Waals surface area contributed by atoms with Crippen LogP contribution in [-0.4, -0.2) is 58.7 Å². The van der Waals surface area contributed by atoms with Crippen molar-refractivity contribution < 1.29 is 18.8 Å². The third kappa shape index (κ3) is 6.47. The van der Waals surface area contributed by atoms with Gasteiger partial charge in [0, 0.05) is 51.0 Å². The van der Waals surface area contributed by atoms with E-state index in [1.165, 1.54) is 41.4 Å². The minimum Gasteiger partial charge on any atom is -0.339 e. The number of benzene rings is 1. The van der Waals surface area contributed by atoms with Gasteiger partial charge in [-0.1, -0.05) is 26.0 Å². The molecule has 7 nitrogen and oxygen atoms in total. The van der Waals surface area contributed by atoms with Crippen molar-refractivity contribution in [1.82, 2.24) is 14.8 Å². The van der Waals surface area contributed by atoms with Crippen LogP contribution >= 0.6 is 11.3 Å². The van der Waals surface area contributed by atoms with E-state index in [4.69, 9.17) is 0 Å². The average molecular weight is 473 g/mol. The molecular weight excluding hydrogens is 443 g/mol. The zero-order valence-electron chi connectivity index (χ0n) is 19.2. The van der Waals surface area contributed by atoms with Crippen molar-refractivity contribution in [1.29, 1.82) is 0 Å². The molecular formula is C24H29FN4O3S. The summed E-state index contributed by atoms with van der Waals surface area (Å²) in [6.07, 6.45) is 4.44. The highest BCUT2D eigenvalue weighted by Gasteiger charge is 2.23. The molecule has 1 aliphatic heterocycles. The minimum absolute atomic E-state index is 0.131. The number of halogens is 1. The lowest BCUT2D eigenvalue weighted by atomic mass is 10.1. The quantitative estimate of drug-likeness (QED) is 0.569. The van der Waals surface area contributed by atoms with E-state index in [9.17, 15) is 18.8 Å². The molecule has 0 spiro atoms. The number of thiazole rings is 1. The van der Waals surface area contributed by atoms with Crippen LogP contribution in [0.4, 0.5) is 15.2 Å². The zero-order chi connectivity index (χ0) is 24.0. The largest absolute Gasteiger partial charge is 0.339 e. The van der Waals surface area contributed by atoms with Crippen LogP contribution in [0.1, 0.15) is 39.3 Å². The molecule has 0 N–H and O–H groups in total. The monoisotopic (exact) mass is 472 g/mol. The summed E-state index contributed by atoms with van der Waals surface area (Å²) < 4.78 is 14.2. The van der Waals surface area contributed by atoms with Gasteiger partial charge in [-0.05, 0) is 30.5 Å². The smallest absolute Gasteiger partial charge is 0.246 e. The Kier molecular flexibility index (Phi) is 8.32. The van der Waals surface area contributed by atoms with Crippen molar-refractivity contribution in [2.45, 2.75) is 33.6 Å². The second-order valence-electron chi connectivity index (χ2n) is 8.33. The Balaban J connectivity index is 1.59. The summed E-state index contributed by atoms with van der Waals surface area (Å²) in [4.78, 5) is 46.1. The Bertz CT molecular complexity index is 1030. The van der Waals surface area contributed by atoms with Crippen molar-refractivity contribution >= 4 is 46.0 Å². The van der Waals surface area contributed by atoms with Crippen LogP contribution in [0.25, 0.3) is 6.08 Å². The van der Waals surface area contributed by atoms with E-state index in [1.807, 2.05) is 4.90 Å². The molecule has 2 aromatic rings. The fraction of sp³-hybridized carbons (Fsp3) is 0.417. The molecule has 1 saturated heterocycles. The van der Waals surface area contributed by atoms with Crippen molar-refractivity contribution in [2.24, 2.45) is 5.92 Å². The first-order chi connectivity index (χ1) is 15.8. The summed E-state index contributed by atoms with van der Waals surface area (Å²) in [6, 6.07) is 6.01. The number of anilines is 2. The lowest BCUT2D eigenvalue weighted by Gasteiger charge is -2.34. The number of piperazine rings is 1. The number of para-hydroxylation sites is 1. The molecule has 2 heterocycles. The molecule has 3 amide bonds. The van der Waals surface area contributed by atoms with Crippen LogP contribution in [0, 0.1) is 11.7 Å². The number of hydrogen-bond donors (Lipinski definition) is 0. The molecule has 1 aromatic heterocycles. The molecule has 0 unspecified atom stereocenters. The van der Waals surface area contributed by atoms with Gasteiger partial charge < -0.3 is 9.80 Å². The SMILES string of the molecule is CC(=O)N(c1nc(/C=C/C(=O)N2CCN(C(=O)CCC(C)C)CC2)cs1)c1ccccc1F. The molecule has 0 atom stereocenters. The fourth-order valence-electron chi connectivity index (χ4n) is 3.50. The number of aromatic nitrogens is 1. The lowest BCUT2D eigenvalue weighted by Crippen LogP contribution is -2.50. The van der Waals surface area contributed by atoms with E-state index < -0.39 is 5.82 Å². The van der Waals surface area contributed by atoms with Crippen LogP contribution < -0.4 is 4.90 Å². The first kappa shape index (κ1) is 24.6. The highest BCUT2D eigenvalue weighted by Crippen LogP contribution is 2.31. The van der Waals surface area contributed by atoms with Crippen LogP contribution in [0.5, 0.6) is 0 Å². The minimum atomic E-state index is -0.517. The van der Waals surface area contributed by atoms with Gasteiger partial charge >= 0.3 is 0 Å². The van der Waals surface area contributed by atoms with E-state index in [2.05, 4.69) is 18.8 Å². The van der Waals surface area contributed by atoms with Gasteiger partial charge in [0.15, 0.2) is 5.13 Å². The normalized spacial score (nSPS) is 14.2. The Hall–Kier alpha value is -3.07. The van der Waals surface area contributed by atoms with Crippen molar-refractivity contribution in [3.05, 3.63) is 47.2 Å². The van der Waals surface area contributed by atoms with E-state index in [0.29, 0.717) is 49.3 Å². The maximum absolute atomic E-state index is 14.2. The highest BCUT2D eigenvalue weighted by molar-refractivity contribution is 7.14. The first-order valence-electron chi connectivity index (χ1n) is 11.0. The average Bonchev–Trinajstić information content (AvgIpc) is 3.25. The molecule has 1 aromatic carbocycles. The predicted octanol–water partition coefficient (Wildman–Crippen LogP) is 4.09. The first-order valence-corrected chi connectivity index (χ1v) is 11.9. The summed E-state index contributed by atoms with van der Waals surface area (Å²) in [6.45, 7) is 7.59. The number of carbonyl (C=O) groups is 3. The molecule has 0 bridgehead atoms. The van der Waals surface area contributed by atoms with Crippen LogP contribution in [0.3, 0.4) is 0 Å². The molecule has 0 radical (unpaired) electrons. The lowest BCUT2D eigenvalue weighted by molar-refractivity contribution is -0.137. The van der Waals surface area contributed by atoms with E-state index in [0.717, 1.165) is 6.42 Å². The van der Waals surface area contributed by atoms with Gasteiger partial charge in [-0.15, -0.1) is 11.3 Å². The second-order valence-corrected chi connectivity index (χ2v) is 9.17. The number of amides is 3. The zero-order valence-corrected chi connectivity index (χ0v) is 20.0. The Labute approximate surface area is 197 Å². The molecule has 1 aliphatic rings. The molecule has 3 rings (SSSR count). The third-order valence-corrected chi connectivity index (χ3v) is 6.23. The summed E-state index contributed by atoms with van der Waals surface area (Å²) in [5, 5.41) is 2.04. The summed E-state index contributed by atoms with van der Waals surface area (Å²) in [5.74, 6) is -0.399. The van der Waals surface area contributed by atoms with Gasteiger partial charge in [-0.3, -0.25) is 19.3 Å². The highest BCUT2D eigenvalue weighted by atomic mass is 32.1. The maximum atomic E-state index is 14.2. The van der Waals surface area contributed by atoms with Gasteiger partial charge in [-0.25, -0.2) is 9.37 Å². The Morgan fingerprint density at radius 1 is 1.15 bits per heavy atom. The number of nitrogens with zero attached hydrogens (tertiary/aromatic N) is 4. The van der Waals surface area contributed by atoms with Gasteiger partial charge in [0.05, 0.1) is 11.4 Å². The fourth-order valence-corrected chi connectivity index (χ4v) is 4.35. The van der Waals surface area contributed by atoms with Crippen molar-refractivity contribution in [3.8, 4) is 0 Å². The predicted molar refractivity (Wildman–Crippen MR) is 128 cm³/mol. The molecule has 9 heteroatoms. The van der Waals surface area contributed by atoms with Crippen molar-refractivity contribution in [2.75, 3.05) is 31.1 Å². The summed E-state index contributed by atoms with van der Waals surface area (Å²) in [7, 11) is 0. The number of rotatable bonds is 7. The van der Waals surface area contributed by atoms with Gasteiger partial charge in [0.25, 0.3) is 0 Å². The van der Waals surface area contributed by atoms with Crippen LogP contribution in [0.15, 0.2) is 35.7 Å². The van der Waals surface area contributed by atoms with Gasteiger partial charge in [0.1, 0.15) is 5.82 Å². The third-order valence-electron chi connectivity index (χ3n) is 5.39. The van der Waals surface area contributed by atoms with Crippen LogP contribution in [0.2, 0.25) is 0 Å². The number of hydrogen-bond acceptors (Lipinski definition) is 5. The molecule has 176 valence electrons. The topological polar surface area (TPSA) is 73.8 Å². The molecule has 0 saturated carbocycles. The van der Waals surface area contributed by atoms with Gasteiger partial charge in [0.2, 0.25) is 17.7 Å². The standard InChI is InChI=1S/C24H29FN4O3S/c1-17(2)8-10-22(31)27-12-14-28(15-13-27)23(32)11-9-19-16-33-24(26-19)29(18(3)30)21-7-5-4-6-20(21)25/h4-7,9,11,16-17H,8,10,12-15H2,1-3H3/b11-9+. The second kappa shape index (κ2) is 11.2. The Morgan fingerprint density at radius 2 is 1.82 bits per heavy atom. The van der Waals surface area contributed by atoms with E-state index in [1.54, 1.807) is 28.5 Å². The molecule has 33 heavy (non-hydrogen) atoms. The van der Waals surface area contributed by atoms with Crippen LogP contribution in [-0.2, 0) is 14.4 Å². The van der Waals surface area contributed by atoms with Gasteiger partial charge in [-0.2, -0.15) is 0 Å². The summed E-state index contributed by atoms with van der Waals surface area (Å²) >= 11 is 1.19. The molecule has 0 aliphatic carbocycles. The summed E-state index contributed by atoms with van der Waals surface area (Å²) in [5.41, 5.74) is 0.639.